The summed E-state index contributed by atoms with van der Waals surface area (Å²) in [5, 5.41) is 8.32. The van der Waals surface area contributed by atoms with E-state index in [9.17, 15) is 13.2 Å². The molecule has 1 aromatic heterocycles. The largest absolute Gasteiger partial charge is 0.365 e. The maximum atomic E-state index is 11.6. The third kappa shape index (κ3) is 3.83. The Balaban J connectivity index is 2.47. The fourth-order valence-corrected chi connectivity index (χ4v) is 3.53. The highest BCUT2D eigenvalue weighted by Gasteiger charge is 2.12. The number of nitrogens with two attached hydrogens (primary N) is 1. The number of hydrogen-bond acceptors (Lipinski definition) is 4. The van der Waals surface area contributed by atoms with Crippen LogP contribution in [0.2, 0.25) is 5.02 Å². The molecule has 6 nitrogen and oxygen atoms in total. The highest BCUT2D eigenvalue weighted by Crippen LogP contribution is 2.11. The van der Waals surface area contributed by atoms with Crippen LogP contribution in [0.3, 0.4) is 0 Å². The van der Waals surface area contributed by atoms with Crippen molar-refractivity contribution in [3.8, 4) is 0 Å². The van der Waals surface area contributed by atoms with E-state index in [2.05, 4.69) is 0 Å². The third-order valence-electron chi connectivity index (χ3n) is 3.36. The lowest BCUT2D eigenvalue weighted by molar-refractivity contribution is 0.0997. The molecule has 0 aliphatic rings. The van der Waals surface area contributed by atoms with E-state index in [1.807, 2.05) is 0 Å². The van der Waals surface area contributed by atoms with Gasteiger partial charge in [0.25, 0.3) is 5.91 Å². The first kappa shape index (κ1) is 17.3. The van der Waals surface area contributed by atoms with Gasteiger partial charge in [0.15, 0.2) is 9.84 Å². The SMILES string of the molecule is Bc1cc(Cn2cc(Cl)cc(C(N)=O)c2=N)ccc1S(C)(=O)=O. The molecule has 23 heavy (non-hydrogen) atoms. The molecule has 0 atom stereocenters. The molecule has 1 aromatic carbocycles. The first-order chi connectivity index (χ1) is 10.6. The van der Waals surface area contributed by atoms with Crippen LogP contribution in [0.25, 0.3) is 0 Å². The van der Waals surface area contributed by atoms with Crippen LogP contribution in [0.5, 0.6) is 0 Å². The molecule has 3 N–H and O–H groups in total. The van der Waals surface area contributed by atoms with Gasteiger partial charge in [-0.1, -0.05) is 29.2 Å². The zero-order chi connectivity index (χ0) is 17.4. The predicted octanol–water partition coefficient (Wildman–Crippen LogP) is -0.570. The zero-order valence-electron chi connectivity index (χ0n) is 12.6. The molecule has 0 aliphatic carbocycles. The minimum atomic E-state index is -3.28. The lowest BCUT2D eigenvalue weighted by Crippen LogP contribution is -2.30. The number of nitrogens with one attached hydrogen (secondary N) is 1. The highest BCUT2D eigenvalue weighted by atomic mass is 35.5. The van der Waals surface area contributed by atoms with Gasteiger partial charge in [-0.2, -0.15) is 0 Å². The Hall–Kier alpha value is -2.06. The summed E-state index contributed by atoms with van der Waals surface area (Å²) >= 11 is 5.96. The molecule has 0 fully saturated rings. The number of hydrogen-bond donors (Lipinski definition) is 2. The number of amides is 1. The fourth-order valence-electron chi connectivity index (χ4n) is 2.35. The first-order valence-corrected chi connectivity index (χ1v) is 8.90. The van der Waals surface area contributed by atoms with Crippen molar-refractivity contribution >= 4 is 40.7 Å². The second-order valence-electron chi connectivity index (χ2n) is 5.28. The van der Waals surface area contributed by atoms with Crippen LogP contribution >= 0.6 is 11.6 Å². The van der Waals surface area contributed by atoms with Gasteiger partial charge in [-0.3, -0.25) is 10.2 Å². The second kappa shape index (κ2) is 6.21. The molecule has 0 radical (unpaired) electrons. The summed E-state index contributed by atoms with van der Waals surface area (Å²) in [5.41, 5.74) is 6.62. The van der Waals surface area contributed by atoms with Crippen molar-refractivity contribution in [1.82, 2.24) is 4.57 Å². The smallest absolute Gasteiger partial charge is 0.252 e. The van der Waals surface area contributed by atoms with Gasteiger partial charge in [0.2, 0.25) is 0 Å². The number of primary amides is 1. The van der Waals surface area contributed by atoms with Crippen molar-refractivity contribution in [3.05, 3.63) is 52.1 Å². The van der Waals surface area contributed by atoms with Gasteiger partial charge in [0.1, 0.15) is 13.3 Å². The van der Waals surface area contributed by atoms with E-state index in [1.165, 1.54) is 22.9 Å². The number of nitrogens with zero attached hydrogens (tertiary/aromatic N) is 1. The molecule has 2 rings (SSSR count). The van der Waals surface area contributed by atoms with Gasteiger partial charge in [-0.15, -0.1) is 0 Å². The molecule has 2 aromatic rings. The van der Waals surface area contributed by atoms with E-state index in [0.29, 0.717) is 10.5 Å². The van der Waals surface area contributed by atoms with Gasteiger partial charge < -0.3 is 10.3 Å². The molecule has 0 spiro atoms. The molecular formula is C14H15BClN3O3S. The monoisotopic (exact) mass is 351 g/mol. The maximum absolute atomic E-state index is 11.6. The van der Waals surface area contributed by atoms with E-state index in [0.717, 1.165) is 11.8 Å². The minimum Gasteiger partial charge on any atom is -0.365 e. The summed E-state index contributed by atoms with van der Waals surface area (Å²) in [7, 11) is -1.57. The Morgan fingerprint density at radius 2 is 2.04 bits per heavy atom. The summed E-state index contributed by atoms with van der Waals surface area (Å²) in [6.45, 7) is 0.268. The second-order valence-corrected chi connectivity index (χ2v) is 7.71. The Bertz CT molecular complexity index is 954. The summed E-state index contributed by atoms with van der Waals surface area (Å²) in [6.07, 6.45) is 2.68. The van der Waals surface area contributed by atoms with Crippen LogP contribution in [0.15, 0.2) is 35.4 Å². The predicted molar refractivity (Wildman–Crippen MR) is 90.6 cm³/mol. The quantitative estimate of drug-likeness (QED) is 0.720. The molecule has 0 unspecified atom stereocenters. The number of rotatable bonds is 4. The normalized spacial score (nSPS) is 11.4. The van der Waals surface area contributed by atoms with Crippen molar-refractivity contribution in [1.29, 1.82) is 5.41 Å². The highest BCUT2D eigenvalue weighted by molar-refractivity contribution is 7.91. The lowest BCUT2D eigenvalue weighted by Gasteiger charge is -2.12. The Kier molecular flexibility index (Phi) is 4.67. The average molecular weight is 352 g/mol. The summed E-state index contributed by atoms with van der Waals surface area (Å²) in [5.74, 6) is -0.727. The van der Waals surface area contributed by atoms with Gasteiger partial charge in [0.05, 0.1) is 15.5 Å². The van der Waals surface area contributed by atoms with Crippen molar-refractivity contribution in [3.63, 3.8) is 0 Å². The van der Waals surface area contributed by atoms with Crippen molar-refractivity contribution in [2.75, 3.05) is 6.26 Å². The lowest BCUT2D eigenvalue weighted by atomic mass is 9.94. The van der Waals surface area contributed by atoms with Gasteiger partial charge in [-0.05, 0) is 17.7 Å². The topological polar surface area (TPSA) is 106 Å². The van der Waals surface area contributed by atoms with Crippen molar-refractivity contribution in [2.45, 2.75) is 11.4 Å². The van der Waals surface area contributed by atoms with Gasteiger partial charge >= 0.3 is 0 Å². The first-order valence-electron chi connectivity index (χ1n) is 6.63. The number of pyridine rings is 1. The van der Waals surface area contributed by atoms with E-state index < -0.39 is 15.7 Å². The Morgan fingerprint density at radius 1 is 1.39 bits per heavy atom. The zero-order valence-corrected chi connectivity index (χ0v) is 14.2. The van der Waals surface area contributed by atoms with Crippen LogP contribution in [-0.4, -0.2) is 33.0 Å². The summed E-state index contributed by atoms with van der Waals surface area (Å²) in [6, 6.07) is 6.28. The van der Waals surface area contributed by atoms with Gasteiger partial charge in [0, 0.05) is 19.0 Å². The third-order valence-corrected chi connectivity index (χ3v) is 4.82. The fraction of sp³-hybridized carbons (Fsp3) is 0.143. The number of carbonyl (C=O) groups is 1. The van der Waals surface area contributed by atoms with Crippen LogP contribution in [0, 0.1) is 5.41 Å². The van der Waals surface area contributed by atoms with Crippen LogP contribution in [-0.2, 0) is 16.4 Å². The molecular weight excluding hydrogens is 337 g/mol. The maximum Gasteiger partial charge on any atom is 0.252 e. The molecule has 0 bridgehead atoms. The Labute approximate surface area is 139 Å². The molecule has 0 saturated carbocycles. The van der Waals surface area contributed by atoms with Crippen LogP contribution < -0.4 is 16.7 Å². The van der Waals surface area contributed by atoms with Gasteiger partial charge in [-0.25, -0.2) is 8.42 Å². The summed E-state index contributed by atoms with van der Waals surface area (Å²) < 4.78 is 24.8. The number of carbonyl (C=O) groups excluding carboxylic acids is 1. The molecule has 120 valence electrons. The van der Waals surface area contributed by atoms with E-state index in [4.69, 9.17) is 22.7 Å². The van der Waals surface area contributed by atoms with Crippen molar-refractivity contribution < 1.29 is 13.2 Å². The number of benzene rings is 1. The number of sulfone groups is 1. The van der Waals surface area contributed by atoms with E-state index >= 15 is 0 Å². The Morgan fingerprint density at radius 3 is 2.57 bits per heavy atom. The average Bonchev–Trinajstić information content (AvgIpc) is 2.40. The van der Waals surface area contributed by atoms with E-state index in [1.54, 1.807) is 20.0 Å². The molecule has 0 saturated heterocycles. The van der Waals surface area contributed by atoms with E-state index in [-0.39, 0.29) is 22.5 Å². The molecule has 9 heteroatoms. The number of aromatic nitrogens is 1. The summed E-state index contributed by atoms with van der Waals surface area (Å²) in [4.78, 5) is 11.6. The molecule has 1 amide bonds. The number of halogens is 1. The van der Waals surface area contributed by atoms with Crippen LogP contribution in [0.1, 0.15) is 15.9 Å². The minimum absolute atomic E-state index is 0.0296. The molecule has 0 aliphatic heterocycles. The van der Waals surface area contributed by atoms with Crippen LogP contribution in [0.4, 0.5) is 0 Å². The standard InChI is InChI=1S/C14H15BClN3O3S/c1-23(21,22)12-3-2-8(4-11(12)15)6-19-7-9(16)5-10(13(19)17)14(18)20/h2-5,7,17H,6,15H2,1H3,(H2,18,20). The molecule has 1 heterocycles. The van der Waals surface area contributed by atoms with Crippen molar-refractivity contribution in [2.24, 2.45) is 5.73 Å².